The van der Waals surface area contributed by atoms with E-state index in [1.54, 1.807) is 18.3 Å². The summed E-state index contributed by atoms with van der Waals surface area (Å²) in [6.07, 6.45) is 3.75. The quantitative estimate of drug-likeness (QED) is 0.899. The van der Waals surface area contributed by atoms with Crippen LogP contribution in [0.5, 0.6) is 0 Å². The van der Waals surface area contributed by atoms with Crippen molar-refractivity contribution < 1.29 is 4.79 Å². The molecule has 1 amide bonds. The standard InChI is InChI=1S/C14H15N5O2/c1-9-6-7-15-14(16-9)17-12(20)8-19-13(21)5-4-11(18-19)10-2-3-10/h4-7,10H,2-3,8H2,1H3,(H,15,16,17,20). The van der Waals surface area contributed by atoms with Gasteiger partial charge in [0.2, 0.25) is 11.9 Å². The second-order valence-electron chi connectivity index (χ2n) is 5.10. The molecule has 0 aliphatic heterocycles. The molecule has 2 aromatic rings. The number of hydrogen-bond acceptors (Lipinski definition) is 5. The number of rotatable bonds is 4. The third kappa shape index (κ3) is 3.31. The molecule has 7 nitrogen and oxygen atoms in total. The minimum absolute atomic E-state index is 0.142. The number of aryl methyl sites for hydroxylation is 1. The van der Waals surface area contributed by atoms with Crippen LogP contribution in [0.2, 0.25) is 0 Å². The molecule has 1 N–H and O–H groups in total. The van der Waals surface area contributed by atoms with E-state index in [0.717, 1.165) is 24.2 Å². The molecule has 1 aliphatic rings. The van der Waals surface area contributed by atoms with Crippen molar-refractivity contribution in [2.75, 3.05) is 5.32 Å². The first kappa shape index (κ1) is 13.4. The van der Waals surface area contributed by atoms with Crippen molar-refractivity contribution in [3.05, 3.63) is 46.1 Å². The van der Waals surface area contributed by atoms with Crippen molar-refractivity contribution >= 4 is 11.9 Å². The van der Waals surface area contributed by atoms with Crippen LogP contribution < -0.4 is 10.9 Å². The fourth-order valence-corrected chi connectivity index (χ4v) is 1.98. The van der Waals surface area contributed by atoms with Crippen molar-refractivity contribution in [2.45, 2.75) is 32.2 Å². The van der Waals surface area contributed by atoms with Crippen LogP contribution in [0.25, 0.3) is 0 Å². The summed E-state index contributed by atoms with van der Waals surface area (Å²) in [5.74, 6) is 0.287. The van der Waals surface area contributed by atoms with E-state index in [4.69, 9.17) is 0 Å². The summed E-state index contributed by atoms with van der Waals surface area (Å²) in [7, 11) is 0. The lowest BCUT2D eigenvalue weighted by Crippen LogP contribution is -2.30. The summed E-state index contributed by atoms with van der Waals surface area (Å²) in [5, 5.41) is 6.80. The number of nitrogens with zero attached hydrogens (tertiary/aromatic N) is 4. The Labute approximate surface area is 121 Å². The molecule has 7 heteroatoms. The summed E-state index contributed by atoms with van der Waals surface area (Å²) in [5.41, 5.74) is 1.33. The highest BCUT2D eigenvalue weighted by Crippen LogP contribution is 2.38. The maximum atomic E-state index is 12.0. The van der Waals surface area contributed by atoms with E-state index in [1.165, 1.54) is 10.7 Å². The van der Waals surface area contributed by atoms with Crippen molar-refractivity contribution in [3.8, 4) is 0 Å². The van der Waals surface area contributed by atoms with E-state index < -0.39 is 0 Å². The molecule has 1 saturated carbocycles. The monoisotopic (exact) mass is 285 g/mol. The van der Waals surface area contributed by atoms with Crippen molar-refractivity contribution in [3.63, 3.8) is 0 Å². The average Bonchev–Trinajstić information content (AvgIpc) is 3.25. The van der Waals surface area contributed by atoms with E-state index >= 15 is 0 Å². The van der Waals surface area contributed by atoms with Gasteiger partial charge in [0, 0.05) is 23.9 Å². The molecule has 2 heterocycles. The van der Waals surface area contributed by atoms with Gasteiger partial charge in [-0.25, -0.2) is 14.6 Å². The Balaban J connectivity index is 1.72. The molecule has 1 fully saturated rings. The van der Waals surface area contributed by atoms with Gasteiger partial charge in [0.25, 0.3) is 5.56 Å². The Bertz CT molecular complexity index is 736. The first-order chi connectivity index (χ1) is 10.1. The molecular formula is C14H15N5O2. The number of hydrogen-bond donors (Lipinski definition) is 1. The Kier molecular flexibility index (Phi) is 3.47. The molecule has 21 heavy (non-hydrogen) atoms. The summed E-state index contributed by atoms with van der Waals surface area (Å²) >= 11 is 0. The molecular weight excluding hydrogens is 270 g/mol. The molecule has 3 rings (SSSR count). The molecule has 108 valence electrons. The largest absolute Gasteiger partial charge is 0.293 e. The molecule has 0 bridgehead atoms. The third-order valence-corrected chi connectivity index (χ3v) is 3.22. The first-order valence-corrected chi connectivity index (χ1v) is 6.79. The first-order valence-electron chi connectivity index (χ1n) is 6.79. The van der Waals surface area contributed by atoms with Gasteiger partial charge in [0.15, 0.2) is 0 Å². The van der Waals surface area contributed by atoms with Gasteiger partial charge in [-0.3, -0.25) is 14.9 Å². The fraction of sp³-hybridized carbons (Fsp3) is 0.357. The molecule has 0 spiro atoms. The van der Waals surface area contributed by atoms with Gasteiger partial charge in [-0.2, -0.15) is 5.10 Å². The maximum absolute atomic E-state index is 12.0. The van der Waals surface area contributed by atoms with E-state index in [0.29, 0.717) is 5.92 Å². The van der Waals surface area contributed by atoms with Crippen LogP contribution in [0.4, 0.5) is 5.95 Å². The summed E-state index contributed by atoms with van der Waals surface area (Å²) < 4.78 is 1.18. The number of carbonyl (C=O) groups excluding carboxylic acids is 1. The van der Waals surface area contributed by atoms with Crippen LogP contribution in [0.3, 0.4) is 0 Å². The summed E-state index contributed by atoms with van der Waals surface area (Å²) in [6, 6.07) is 4.93. The van der Waals surface area contributed by atoms with Crippen molar-refractivity contribution in [1.29, 1.82) is 0 Å². The van der Waals surface area contributed by atoms with Crippen LogP contribution >= 0.6 is 0 Å². The van der Waals surface area contributed by atoms with E-state index in [9.17, 15) is 9.59 Å². The van der Waals surface area contributed by atoms with E-state index in [1.807, 2.05) is 6.92 Å². The second-order valence-corrected chi connectivity index (χ2v) is 5.10. The minimum Gasteiger partial charge on any atom is -0.293 e. The van der Waals surface area contributed by atoms with Gasteiger partial charge in [-0.1, -0.05) is 0 Å². The zero-order valence-corrected chi connectivity index (χ0v) is 11.6. The Hall–Kier alpha value is -2.57. The number of carbonyl (C=O) groups is 1. The van der Waals surface area contributed by atoms with Gasteiger partial charge in [-0.15, -0.1) is 0 Å². The van der Waals surface area contributed by atoms with Gasteiger partial charge >= 0.3 is 0 Å². The van der Waals surface area contributed by atoms with Gasteiger partial charge in [0.1, 0.15) is 6.54 Å². The number of nitrogens with one attached hydrogen (secondary N) is 1. The zero-order chi connectivity index (χ0) is 14.8. The van der Waals surface area contributed by atoms with E-state index in [2.05, 4.69) is 20.4 Å². The Morgan fingerprint density at radius 3 is 2.90 bits per heavy atom. The molecule has 0 radical (unpaired) electrons. The third-order valence-electron chi connectivity index (χ3n) is 3.22. The molecule has 0 unspecified atom stereocenters. The van der Waals surface area contributed by atoms with E-state index in [-0.39, 0.29) is 24.0 Å². The smallest absolute Gasteiger partial charge is 0.267 e. The lowest BCUT2D eigenvalue weighted by Gasteiger charge is -2.07. The zero-order valence-electron chi connectivity index (χ0n) is 11.6. The number of aromatic nitrogens is 4. The Morgan fingerprint density at radius 2 is 2.19 bits per heavy atom. The van der Waals surface area contributed by atoms with Crippen molar-refractivity contribution in [1.82, 2.24) is 19.7 Å². The number of amides is 1. The molecule has 1 aliphatic carbocycles. The predicted molar refractivity (Wildman–Crippen MR) is 75.9 cm³/mol. The van der Waals surface area contributed by atoms with Gasteiger partial charge in [-0.05, 0) is 31.9 Å². The summed E-state index contributed by atoms with van der Waals surface area (Å²) in [6.45, 7) is 1.67. The van der Waals surface area contributed by atoms with Crippen LogP contribution in [0, 0.1) is 6.92 Å². The number of anilines is 1. The second kappa shape index (κ2) is 5.43. The highest BCUT2D eigenvalue weighted by Gasteiger charge is 2.25. The van der Waals surface area contributed by atoms with Crippen LogP contribution in [-0.2, 0) is 11.3 Å². The highest BCUT2D eigenvalue weighted by atomic mass is 16.2. The molecule has 0 aromatic carbocycles. The molecule has 2 aromatic heterocycles. The molecule has 0 saturated heterocycles. The average molecular weight is 285 g/mol. The Morgan fingerprint density at radius 1 is 1.38 bits per heavy atom. The lowest BCUT2D eigenvalue weighted by atomic mass is 10.3. The van der Waals surface area contributed by atoms with Crippen LogP contribution in [-0.4, -0.2) is 25.7 Å². The van der Waals surface area contributed by atoms with Crippen LogP contribution in [0.1, 0.15) is 30.1 Å². The minimum atomic E-state index is -0.372. The van der Waals surface area contributed by atoms with Crippen LogP contribution in [0.15, 0.2) is 29.2 Å². The van der Waals surface area contributed by atoms with Gasteiger partial charge < -0.3 is 0 Å². The summed E-state index contributed by atoms with van der Waals surface area (Å²) in [4.78, 5) is 31.7. The molecule has 0 atom stereocenters. The fourth-order valence-electron chi connectivity index (χ4n) is 1.98. The maximum Gasteiger partial charge on any atom is 0.267 e. The topological polar surface area (TPSA) is 89.8 Å². The van der Waals surface area contributed by atoms with Gasteiger partial charge in [0.05, 0.1) is 5.69 Å². The highest BCUT2D eigenvalue weighted by molar-refractivity contribution is 5.88. The van der Waals surface area contributed by atoms with Crippen molar-refractivity contribution in [2.24, 2.45) is 0 Å². The predicted octanol–water partition coefficient (Wildman–Crippen LogP) is 0.858. The normalized spacial score (nSPS) is 14.0. The SMILES string of the molecule is Cc1ccnc(NC(=O)Cn2nc(C3CC3)ccc2=O)n1. The lowest BCUT2D eigenvalue weighted by molar-refractivity contribution is -0.117.